The van der Waals surface area contributed by atoms with Crippen LogP contribution in [0.5, 0.6) is 5.75 Å². The number of carboxylic acids is 4. The summed E-state index contributed by atoms with van der Waals surface area (Å²) in [6.45, 7) is -0.121. The van der Waals surface area contributed by atoms with Crippen LogP contribution in [0.4, 0.5) is 0 Å². The average molecular weight is 832 g/mol. The van der Waals surface area contributed by atoms with E-state index in [2.05, 4.69) is 10.6 Å². The zero-order valence-electron chi connectivity index (χ0n) is 32.7. The number of phenols is 1. The number of hydrogen-bond donors (Lipinski definition) is 7. The van der Waals surface area contributed by atoms with Crippen molar-refractivity contribution in [3.63, 3.8) is 0 Å². The molecule has 2 atom stereocenters. The fourth-order valence-corrected chi connectivity index (χ4v) is 6.58. The van der Waals surface area contributed by atoms with Gasteiger partial charge in [0.05, 0.1) is 32.7 Å². The van der Waals surface area contributed by atoms with Gasteiger partial charge in [0.1, 0.15) is 11.8 Å². The number of nitrogens with one attached hydrogen (secondary N) is 2. The van der Waals surface area contributed by atoms with Crippen LogP contribution in [0.25, 0.3) is 0 Å². The first-order chi connectivity index (χ1) is 28.0. The maximum Gasteiger partial charge on any atom is 0.326 e. The van der Waals surface area contributed by atoms with Crippen molar-refractivity contribution >= 4 is 53.3 Å². The van der Waals surface area contributed by atoms with E-state index in [0.29, 0.717) is 12.0 Å². The van der Waals surface area contributed by atoms with Crippen LogP contribution in [0.1, 0.15) is 31.2 Å². The predicted octanol–water partition coefficient (Wildman–Crippen LogP) is -2.23. The summed E-state index contributed by atoms with van der Waals surface area (Å²) in [5.74, 6) is -8.50. The summed E-state index contributed by atoms with van der Waals surface area (Å²) in [4.78, 5) is 118. The molecule has 2 heterocycles. The standard InChI is InChI=1S/C38H53N7O14/c46-28-6-4-26(5-7-28)19-27(37(57)40-30(38(58)59)3-1-2-10-45-32(49)8-9-33(45)50)20-29(47)21-39-31(48)22-41-11-13-42(23-34(51)52)15-17-44(25-36(55)56)18-16-43(14-12-41)24-35(53)54/h4-9,27,30,46H,1-3,10-25H2,(H,39,48)(H,40,57)(H,51,52)(H,53,54)(H,55,56)(H,58,59)/t27-,30+/m1/s1. The normalized spacial score (nSPS) is 17.4. The largest absolute Gasteiger partial charge is 0.508 e. The van der Waals surface area contributed by atoms with Crippen LogP contribution < -0.4 is 10.6 Å². The maximum absolute atomic E-state index is 13.5. The highest BCUT2D eigenvalue weighted by molar-refractivity contribution is 6.12. The van der Waals surface area contributed by atoms with E-state index >= 15 is 0 Å². The second-order valence-electron chi connectivity index (χ2n) is 14.4. The molecule has 324 valence electrons. The van der Waals surface area contributed by atoms with Gasteiger partial charge in [-0.1, -0.05) is 12.1 Å². The number of ketones is 1. The van der Waals surface area contributed by atoms with Gasteiger partial charge in [-0.3, -0.25) is 62.9 Å². The number of aliphatic carboxylic acids is 4. The predicted molar refractivity (Wildman–Crippen MR) is 206 cm³/mol. The number of hydrogen-bond acceptors (Lipinski definition) is 14. The Kier molecular flexibility index (Phi) is 19.5. The molecule has 59 heavy (non-hydrogen) atoms. The molecule has 0 saturated carbocycles. The molecule has 1 saturated heterocycles. The molecule has 0 aliphatic carbocycles. The number of carbonyl (C=O) groups excluding carboxylic acids is 5. The second-order valence-corrected chi connectivity index (χ2v) is 14.4. The molecule has 7 N–H and O–H groups in total. The van der Waals surface area contributed by atoms with Crippen LogP contribution in [-0.4, -0.2) is 201 Å². The third kappa shape index (κ3) is 18.1. The number of phenolic OH excluding ortho intramolecular Hbond substituents is 1. The van der Waals surface area contributed by atoms with E-state index in [0.717, 1.165) is 17.1 Å². The molecule has 0 aromatic heterocycles. The van der Waals surface area contributed by atoms with Crippen molar-refractivity contribution in [1.29, 1.82) is 0 Å². The number of nitrogens with zero attached hydrogens (tertiary/aromatic N) is 5. The number of benzene rings is 1. The molecule has 0 bridgehead atoms. The number of aromatic hydroxyl groups is 1. The van der Waals surface area contributed by atoms with Gasteiger partial charge in [-0.25, -0.2) is 4.79 Å². The molecule has 21 heteroatoms. The summed E-state index contributed by atoms with van der Waals surface area (Å²) in [6, 6.07) is 4.54. The van der Waals surface area contributed by atoms with E-state index in [1.165, 1.54) is 12.1 Å². The SMILES string of the molecule is O=C(O)CN1CCN(CC(=O)O)CCN(CC(=O)NCC(=O)C[C@@H](Cc2ccc(O)cc2)C(=O)N[C@@H](CCCCN2C(=O)C=CC2=O)C(=O)O)CCN(CC(=O)O)CC1. The Hall–Kier alpha value is -5.77. The highest BCUT2D eigenvalue weighted by Crippen LogP contribution is 2.18. The Morgan fingerprint density at radius 2 is 1.10 bits per heavy atom. The van der Waals surface area contributed by atoms with Gasteiger partial charge in [-0.05, 0) is 43.4 Å². The highest BCUT2D eigenvalue weighted by atomic mass is 16.4. The summed E-state index contributed by atoms with van der Waals surface area (Å²) < 4.78 is 0. The van der Waals surface area contributed by atoms with E-state index in [1.54, 1.807) is 31.7 Å². The van der Waals surface area contributed by atoms with Crippen molar-refractivity contribution in [3.05, 3.63) is 42.0 Å². The Morgan fingerprint density at radius 1 is 0.644 bits per heavy atom. The van der Waals surface area contributed by atoms with Crippen LogP contribution in [0.15, 0.2) is 36.4 Å². The minimum Gasteiger partial charge on any atom is -0.508 e. The molecule has 1 aromatic rings. The topological polar surface area (TPSA) is 295 Å². The lowest BCUT2D eigenvalue weighted by atomic mass is 9.92. The number of carboxylic acid groups (broad SMARTS) is 4. The monoisotopic (exact) mass is 831 g/mol. The fourth-order valence-electron chi connectivity index (χ4n) is 6.58. The van der Waals surface area contributed by atoms with Gasteiger partial charge in [0.2, 0.25) is 11.8 Å². The molecule has 21 nitrogen and oxygen atoms in total. The zero-order chi connectivity index (χ0) is 43.5. The Balaban J connectivity index is 1.64. The number of amides is 4. The number of Topliss-reactive ketones (excluding diaryl/α,β-unsaturated/α-hetero) is 1. The lowest BCUT2D eigenvalue weighted by Gasteiger charge is -2.32. The molecule has 4 amide bonds. The smallest absolute Gasteiger partial charge is 0.326 e. The molecule has 2 aliphatic rings. The minimum atomic E-state index is -1.34. The fraction of sp³-hybridized carbons (Fsp3) is 0.553. The first-order valence-corrected chi connectivity index (χ1v) is 19.2. The van der Waals surface area contributed by atoms with E-state index < -0.39 is 71.8 Å². The van der Waals surface area contributed by atoms with Gasteiger partial charge in [-0.2, -0.15) is 0 Å². The number of imide groups is 1. The first-order valence-electron chi connectivity index (χ1n) is 19.2. The van der Waals surface area contributed by atoms with Gasteiger partial charge in [0, 0.05) is 83.4 Å². The van der Waals surface area contributed by atoms with Crippen LogP contribution in [0.2, 0.25) is 0 Å². The zero-order valence-corrected chi connectivity index (χ0v) is 32.7. The van der Waals surface area contributed by atoms with Crippen molar-refractivity contribution in [3.8, 4) is 5.75 Å². The molecule has 0 unspecified atom stereocenters. The summed E-state index contributed by atoms with van der Waals surface area (Å²) in [5, 5.41) is 52.9. The van der Waals surface area contributed by atoms with Gasteiger partial charge >= 0.3 is 23.9 Å². The molecule has 3 rings (SSSR count). The quantitative estimate of drug-likeness (QED) is 0.0480. The second kappa shape index (κ2) is 24.2. The lowest BCUT2D eigenvalue weighted by molar-refractivity contribution is -0.143. The third-order valence-corrected chi connectivity index (χ3v) is 9.76. The van der Waals surface area contributed by atoms with E-state index in [9.17, 15) is 68.7 Å². The Bertz CT molecular complexity index is 1650. The number of carbonyl (C=O) groups is 9. The van der Waals surface area contributed by atoms with Gasteiger partial charge in [-0.15, -0.1) is 0 Å². The van der Waals surface area contributed by atoms with Crippen LogP contribution in [0, 0.1) is 5.92 Å². The van der Waals surface area contributed by atoms with Crippen LogP contribution >= 0.6 is 0 Å². The van der Waals surface area contributed by atoms with Crippen molar-refractivity contribution in [2.75, 3.05) is 91.6 Å². The summed E-state index contributed by atoms with van der Waals surface area (Å²) >= 11 is 0. The van der Waals surface area contributed by atoms with Crippen molar-refractivity contribution in [2.24, 2.45) is 5.92 Å². The molecule has 1 fully saturated rings. The minimum absolute atomic E-state index is 0.00808. The molecular formula is C38H53N7O14. The molecule has 1 aromatic carbocycles. The molecular weight excluding hydrogens is 778 g/mol. The summed E-state index contributed by atoms with van der Waals surface area (Å²) in [6.07, 6.45) is 2.41. The maximum atomic E-state index is 13.5. The first kappa shape index (κ1) is 47.6. The Labute approximate surface area is 340 Å². The van der Waals surface area contributed by atoms with E-state index in [1.807, 2.05) is 0 Å². The molecule has 0 spiro atoms. The van der Waals surface area contributed by atoms with Gasteiger partial charge < -0.3 is 36.2 Å². The van der Waals surface area contributed by atoms with Crippen molar-refractivity contribution in [2.45, 2.75) is 38.1 Å². The van der Waals surface area contributed by atoms with Crippen LogP contribution in [0.3, 0.4) is 0 Å². The van der Waals surface area contributed by atoms with Crippen molar-refractivity contribution < 1.29 is 68.7 Å². The summed E-state index contributed by atoms with van der Waals surface area (Å²) in [5.41, 5.74) is 0.569. The lowest BCUT2D eigenvalue weighted by Crippen LogP contribution is -2.50. The molecule has 2 aliphatic heterocycles. The van der Waals surface area contributed by atoms with Crippen LogP contribution in [-0.2, 0) is 49.6 Å². The summed E-state index contributed by atoms with van der Waals surface area (Å²) in [7, 11) is 0. The van der Waals surface area contributed by atoms with E-state index in [-0.39, 0.29) is 117 Å². The van der Waals surface area contributed by atoms with Crippen molar-refractivity contribution in [1.82, 2.24) is 35.1 Å². The van der Waals surface area contributed by atoms with Gasteiger partial charge in [0.15, 0.2) is 5.78 Å². The highest BCUT2D eigenvalue weighted by Gasteiger charge is 2.29. The third-order valence-electron chi connectivity index (χ3n) is 9.76. The average Bonchev–Trinajstić information content (AvgIpc) is 3.48. The Morgan fingerprint density at radius 3 is 1.54 bits per heavy atom. The van der Waals surface area contributed by atoms with E-state index in [4.69, 9.17) is 0 Å². The van der Waals surface area contributed by atoms with Gasteiger partial charge in [0.25, 0.3) is 11.8 Å². The number of unbranched alkanes of at least 4 members (excludes halogenated alkanes) is 1. The molecule has 0 radical (unpaired) electrons. The number of rotatable bonds is 22.